The van der Waals surface area contributed by atoms with Crippen molar-refractivity contribution in [1.29, 1.82) is 0 Å². The van der Waals surface area contributed by atoms with Crippen LogP contribution in [0.15, 0.2) is 36.4 Å². The summed E-state index contributed by atoms with van der Waals surface area (Å²) in [5, 5.41) is 2.18. The van der Waals surface area contributed by atoms with E-state index in [9.17, 15) is 4.79 Å². The Balaban J connectivity index is 1.46. The minimum Gasteiger partial charge on any atom is -0.374 e. The molecule has 2 aromatic carbocycles. The first-order valence-corrected chi connectivity index (χ1v) is 8.14. The molecule has 1 fully saturated rings. The summed E-state index contributed by atoms with van der Waals surface area (Å²) in [5.41, 5.74) is 1.78. The Hall–Kier alpha value is -1.75. The highest BCUT2D eigenvalue weighted by Crippen LogP contribution is 2.18. The van der Waals surface area contributed by atoms with E-state index >= 15 is 0 Å². The predicted molar refractivity (Wildman–Crippen MR) is 88.5 cm³/mol. The fourth-order valence-corrected chi connectivity index (χ4v) is 2.75. The number of aldehydes is 1. The van der Waals surface area contributed by atoms with Crippen molar-refractivity contribution in [1.82, 2.24) is 0 Å². The van der Waals surface area contributed by atoms with Gasteiger partial charge < -0.3 is 14.2 Å². The molecule has 3 rings (SSSR count). The van der Waals surface area contributed by atoms with E-state index in [0.717, 1.165) is 42.1 Å². The van der Waals surface area contributed by atoms with Crippen LogP contribution in [0.5, 0.6) is 0 Å². The van der Waals surface area contributed by atoms with Crippen LogP contribution in [0.3, 0.4) is 0 Å². The summed E-state index contributed by atoms with van der Waals surface area (Å²) < 4.78 is 16.8. The van der Waals surface area contributed by atoms with Gasteiger partial charge in [0, 0.05) is 12.2 Å². The van der Waals surface area contributed by atoms with Gasteiger partial charge in [0.15, 0.2) is 6.29 Å². The standard InChI is InChI=1S/C19H22O4/c20-13-15-4-6-17-7-5-16(12-18(17)11-15)14-21-9-10-23-19-3-1-2-8-22-19/h4-7,11-13,19H,1-3,8-10,14H2. The zero-order chi connectivity index (χ0) is 15.9. The summed E-state index contributed by atoms with van der Waals surface area (Å²) in [6.45, 7) is 2.43. The first-order chi connectivity index (χ1) is 11.3. The monoisotopic (exact) mass is 314 g/mol. The zero-order valence-electron chi connectivity index (χ0n) is 13.2. The van der Waals surface area contributed by atoms with Gasteiger partial charge in [0.2, 0.25) is 0 Å². The second kappa shape index (κ2) is 8.20. The molecule has 0 radical (unpaired) electrons. The average molecular weight is 314 g/mol. The molecule has 23 heavy (non-hydrogen) atoms. The third-order valence-corrected chi connectivity index (χ3v) is 4.00. The van der Waals surface area contributed by atoms with Crippen LogP contribution >= 0.6 is 0 Å². The Morgan fingerprint density at radius 3 is 2.83 bits per heavy atom. The lowest BCUT2D eigenvalue weighted by Crippen LogP contribution is -2.23. The minimum absolute atomic E-state index is 0.0604. The number of carbonyl (C=O) groups is 1. The molecular weight excluding hydrogens is 292 g/mol. The van der Waals surface area contributed by atoms with E-state index in [1.807, 2.05) is 24.3 Å². The topological polar surface area (TPSA) is 44.8 Å². The van der Waals surface area contributed by atoms with Gasteiger partial charge in [0.1, 0.15) is 6.29 Å². The highest BCUT2D eigenvalue weighted by molar-refractivity contribution is 5.89. The van der Waals surface area contributed by atoms with Crippen LogP contribution in [0.4, 0.5) is 0 Å². The molecule has 1 aliphatic rings. The van der Waals surface area contributed by atoms with Gasteiger partial charge in [-0.2, -0.15) is 0 Å². The van der Waals surface area contributed by atoms with E-state index in [1.54, 1.807) is 0 Å². The maximum Gasteiger partial charge on any atom is 0.157 e. The van der Waals surface area contributed by atoms with E-state index in [0.29, 0.717) is 25.4 Å². The summed E-state index contributed by atoms with van der Waals surface area (Å²) in [4.78, 5) is 10.9. The van der Waals surface area contributed by atoms with Crippen LogP contribution in [-0.2, 0) is 20.8 Å². The van der Waals surface area contributed by atoms with Gasteiger partial charge in [0.05, 0.1) is 19.8 Å². The van der Waals surface area contributed by atoms with Gasteiger partial charge >= 0.3 is 0 Å². The third kappa shape index (κ3) is 4.61. The van der Waals surface area contributed by atoms with Gasteiger partial charge in [-0.3, -0.25) is 4.79 Å². The number of carbonyl (C=O) groups excluding carboxylic acids is 1. The summed E-state index contributed by atoms with van der Waals surface area (Å²) in [6, 6.07) is 11.9. The highest BCUT2D eigenvalue weighted by atomic mass is 16.7. The molecule has 0 bridgehead atoms. The van der Waals surface area contributed by atoms with E-state index in [4.69, 9.17) is 14.2 Å². The van der Waals surface area contributed by atoms with Crippen molar-refractivity contribution >= 4 is 17.1 Å². The predicted octanol–water partition coefficient (Wildman–Crippen LogP) is 3.71. The van der Waals surface area contributed by atoms with Crippen LogP contribution < -0.4 is 0 Å². The second-order valence-electron chi connectivity index (χ2n) is 5.78. The van der Waals surface area contributed by atoms with E-state index in [-0.39, 0.29) is 6.29 Å². The van der Waals surface area contributed by atoms with Gasteiger partial charge in [-0.25, -0.2) is 0 Å². The molecule has 122 valence electrons. The number of hydrogen-bond donors (Lipinski definition) is 0. The summed E-state index contributed by atoms with van der Waals surface area (Å²) in [6.07, 6.45) is 4.09. The Morgan fingerprint density at radius 1 is 1.09 bits per heavy atom. The van der Waals surface area contributed by atoms with Crippen molar-refractivity contribution in [2.75, 3.05) is 19.8 Å². The molecule has 1 aliphatic heterocycles. The van der Waals surface area contributed by atoms with Crippen molar-refractivity contribution in [3.05, 3.63) is 47.5 Å². The first kappa shape index (κ1) is 16.1. The van der Waals surface area contributed by atoms with E-state index in [1.165, 1.54) is 6.42 Å². The Labute approximate surface area is 136 Å². The van der Waals surface area contributed by atoms with Gasteiger partial charge in [-0.1, -0.05) is 24.3 Å². The van der Waals surface area contributed by atoms with Gasteiger partial charge in [-0.15, -0.1) is 0 Å². The molecule has 4 nitrogen and oxygen atoms in total. The molecule has 0 aromatic heterocycles. The Bertz CT molecular complexity index is 647. The molecule has 1 atom stereocenters. The number of hydrogen-bond acceptors (Lipinski definition) is 4. The van der Waals surface area contributed by atoms with Crippen molar-refractivity contribution in [2.45, 2.75) is 32.2 Å². The zero-order valence-corrected chi connectivity index (χ0v) is 13.2. The molecule has 0 spiro atoms. The van der Waals surface area contributed by atoms with Crippen LogP contribution in [0.1, 0.15) is 35.2 Å². The molecule has 0 N–H and O–H groups in total. The maximum atomic E-state index is 10.9. The second-order valence-corrected chi connectivity index (χ2v) is 5.78. The molecule has 1 saturated heterocycles. The number of benzene rings is 2. The van der Waals surface area contributed by atoms with Crippen LogP contribution in [0.25, 0.3) is 10.8 Å². The molecular formula is C19H22O4. The van der Waals surface area contributed by atoms with Crippen LogP contribution in [0.2, 0.25) is 0 Å². The van der Waals surface area contributed by atoms with Crippen LogP contribution in [-0.4, -0.2) is 32.4 Å². The van der Waals surface area contributed by atoms with Crippen molar-refractivity contribution in [3.8, 4) is 0 Å². The molecule has 0 amide bonds. The number of fused-ring (bicyclic) bond motifs is 1. The fraction of sp³-hybridized carbons (Fsp3) is 0.421. The first-order valence-electron chi connectivity index (χ1n) is 8.14. The molecule has 4 heteroatoms. The van der Waals surface area contributed by atoms with Crippen molar-refractivity contribution in [3.63, 3.8) is 0 Å². The lowest BCUT2D eigenvalue weighted by molar-refractivity contribution is -0.169. The summed E-state index contributed by atoms with van der Waals surface area (Å²) in [5.74, 6) is 0. The van der Waals surface area contributed by atoms with Crippen molar-refractivity contribution < 1.29 is 19.0 Å². The lowest BCUT2D eigenvalue weighted by Gasteiger charge is -2.22. The number of ether oxygens (including phenoxy) is 3. The average Bonchev–Trinajstić information content (AvgIpc) is 2.61. The molecule has 1 heterocycles. The van der Waals surface area contributed by atoms with E-state index < -0.39 is 0 Å². The van der Waals surface area contributed by atoms with Gasteiger partial charge in [0.25, 0.3) is 0 Å². The Morgan fingerprint density at radius 2 is 2.00 bits per heavy atom. The molecule has 0 saturated carbocycles. The van der Waals surface area contributed by atoms with Crippen LogP contribution in [0, 0.1) is 0 Å². The lowest BCUT2D eigenvalue weighted by atomic mass is 10.1. The molecule has 1 unspecified atom stereocenters. The minimum atomic E-state index is -0.0604. The third-order valence-electron chi connectivity index (χ3n) is 4.00. The highest BCUT2D eigenvalue weighted by Gasteiger charge is 2.13. The SMILES string of the molecule is O=Cc1ccc2ccc(COCCOC3CCCCO3)cc2c1. The smallest absolute Gasteiger partial charge is 0.157 e. The quantitative estimate of drug-likeness (QED) is 0.577. The Kier molecular flexibility index (Phi) is 5.75. The summed E-state index contributed by atoms with van der Waals surface area (Å²) >= 11 is 0. The maximum absolute atomic E-state index is 10.9. The number of rotatable bonds is 7. The largest absolute Gasteiger partial charge is 0.374 e. The van der Waals surface area contributed by atoms with Gasteiger partial charge in [-0.05, 0) is 47.7 Å². The fourth-order valence-electron chi connectivity index (χ4n) is 2.75. The summed E-state index contributed by atoms with van der Waals surface area (Å²) in [7, 11) is 0. The normalized spacial score (nSPS) is 18.2. The van der Waals surface area contributed by atoms with Crippen molar-refractivity contribution in [2.24, 2.45) is 0 Å². The molecule has 0 aliphatic carbocycles. The van der Waals surface area contributed by atoms with E-state index in [2.05, 4.69) is 12.1 Å². The molecule has 2 aromatic rings.